The summed E-state index contributed by atoms with van der Waals surface area (Å²) in [5, 5.41) is 12.7. The number of β-amino-alcohol motifs (C(OH)–C–C–N with tert-alkyl or cyclic N) is 1. The Bertz CT molecular complexity index is 435. The van der Waals surface area contributed by atoms with E-state index in [1.807, 2.05) is 25.1 Å². The summed E-state index contributed by atoms with van der Waals surface area (Å²) < 4.78 is 0. The number of hydrogen-bond acceptors (Lipinski definition) is 2. The van der Waals surface area contributed by atoms with E-state index in [9.17, 15) is 9.90 Å². The van der Waals surface area contributed by atoms with Crippen molar-refractivity contribution in [3.05, 3.63) is 35.9 Å². The molecule has 1 aromatic rings. The van der Waals surface area contributed by atoms with Gasteiger partial charge in [0.15, 0.2) is 0 Å². The highest BCUT2D eigenvalue weighted by molar-refractivity contribution is 5.74. The van der Waals surface area contributed by atoms with Crippen LogP contribution in [0.1, 0.15) is 38.2 Å². The van der Waals surface area contributed by atoms with Gasteiger partial charge >= 0.3 is 6.03 Å². The first-order chi connectivity index (χ1) is 9.58. The third-order valence-electron chi connectivity index (χ3n) is 4.11. The lowest BCUT2D eigenvalue weighted by atomic mass is 9.94. The van der Waals surface area contributed by atoms with Gasteiger partial charge in [0.05, 0.1) is 6.10 Å². The number of aliphatic hydroxyl groups excluding tert-OH is 1. The molecule has 4 nitrogen and oxygen atoms in total. The van der Waals surface area contributed by atoms with Crippen LogP contribution in [0.5, 0.6) is 0 Å². The van der Waals surface area contributed by atoms with Gasteiger partial charge in [0.2, 0.25) is 0 Å². The van der Waals surface area contributed by atoms with Crippen LogP contribution in [-0.2, 0) is 0 Å². The molecule has 1 aliphatic heterocycles. The number of nitrogens with zero attached hydrogens (tertiary/aromatic N) is 1. The van der Waals surface area contributed by atoms with Crippen LogP contribution in [0, 0.1) is 0 Å². The fraction of sp³-hybridized carbons (Fsp3) is 0.562. The molecule has 20 heavy (non-hydrogen) atoms. The monoisotopic (exact) mass is 276 g/mol. The van der Waals surface area contributed by atoms with Gasteiger partial charge in [-0.25, -0.2) is 4.79 Å². The molecular formula is C16H24N2O2. The smallest absolute Gasteiger partial charge is 0.317 e. The minimum atomic E-state index is -0.378. The molecule has 3 atom stereocenters. The number of amides is 2. The number of aliphatic hydroxyl groups is 1. The van der Waals surface area contributed by atoms with Crippen LogP contribution in [0.25, 0.3) is 0 Å². The summed E-state index contributed by atoms with van der Waals surface area (Å²) in [6, 6.07) is 10.2. The van der Waals surface area contributed by atoms with Crippen molar-refractivity contribution in [3.8, 4) is 0 Å². The van der Waals surface area contributed by atoms with Gasteiger partial charge in [-0.15, -0.1) is 0 Å². The molecule has 2 N–H and O–H groups in total. The number of benzene rings is 1. The highest BCUT2D eigenvalue weighted by Crippen LogP contribution is 2.19. The average Bonchev–Trinajstić information content (AvgIpc) is 2.47. The van der Waals surface area contributed by atoms with E-state index in [-0.39, 0.29) is 24.1 Å². The molecule has 3 unspecified atom stereocenters. The largest absolute Gasteiger partial charge is 0.391 e. The molecular weight excluding hydrogens is 252 g/mol. The molecule has 1 heterocycles. The number of urea groups is 1. The number of carbonyl (C=O) groups is 1. The van der Waals surface area contributed by atoms with Crippen LogP contribution in [-0.4, -0.2) is 41.3 Å². The Hall–Kier alpha value is -1.55. The molecule has 0 aliphatic carbocycles. The molecule has 0 radical (unpaired) electrons. The normalized spacial score (nSPS) is 22.1. The van der Waals surface area contributed by atoms with Crippen molar-refractivity contribution in [2.45, 2.75) is 44.8 Å². The van der Waals surface area contributed by atoms with Gasteiger partial charge in [-0.05, 0) is 25.3 Å². The highest BCUT2D eigenvalue weighted by Gasteiger charge is 2.24. The van der Waals surface area contributed by atoms with E-state index < -0.39 is 0 Å². The van der Waals surface area contributed by atoms with Gasteiger partial charge < -0.3 is 15.3 Å². The highest BCUT2D eigenvalue weighted by atomic mass is 16.3. The van der Waals surface area contributed by atoms with Crippen molar-refractivity contribution in [1.82, 2.24) is 10.2 Å². The van der Waals surface area contributed by atoms with Crippen LogP contribution >= 0.6 is 0 Å². The maximum atomic E-state index is 12.2. The van der Waals surface area contributed by atoms with Crippen LogP contribution < -0.4 is 5.32 Å². The number of rotatable bonds is 3. The Kier molecular flexibility index (Phi) is 5.01. The molecule has 1 fully saturated rings. The van der Waals surface area contributed by atoms with E-state index >= 15 is 0 Å². The summed E-state index contributed by atoms with van der Waals surface area (Å²) in [4.78, 5) is 13.9. The molecule has 1 saturated heterocycles. The second-order valence-corrected chi connectivity index (χ2v) is 5.68. The Labute approximate surface area is 120 Å². The topological polar surface area (TPSA) is 52.6 Å². The molecule has 0 spiro atoms. The molecule has 0 bridgehead atoms. The average molecular weight is 276 g/mol. The Morgan fingerprint density at radius 2 is 2.05 bits per heavy atom. The summed E-state index contributed by atoms with van der Waals surface area (Å²) in [6.45, 7) is 5.31. The molecule has 1 aliphatic rings. The SMILES string of the molecule is CC(NC(=O)N1CCCC(O)C1)C(C)c1ccccc1. The zero-order valence-electron chi connectivity index (χ0n) is 12.2. The molecule has 110 valence electrons. The third-order valence-corrected chi connectivity index (χ3v) is 4.11. The summed E-state index contributed by atoms with van der Waals surface area (Å²) in [6.07, 6.45) is 1.29. The van der Waals surface area contributed by atoms with Crippen molar-refractivity contribution in [3.63, 3.8) is 0 Å². The van der Waals surface area contributed by atoms with Gasteiger partial charge in [0, 0.05) is 25.0 Å². The van der Waals surface area contributed by atoms with Crippen LogP contribution in [0.15, 0.2) is 30.3 Å². The number of hydrogen-bond donors (Lipinski definition) is 2. The van der Waals surface area contributed by atoms with Crippen LogP contribution in [0.3, 0.4) is 0 Å². The molecule has 2 rings (SSSR count). The maximum absolute atomic E-state index is 12.2. The van der Waals surface area contributed by atoms with E-state index in [0.29, 0.717) is 6.54 Å². The van der Waals surface area contributed by atoms with Crippen LogP contribution in [0.4, 0.5) is 4.79 Å². The Balaban J connectivity index is 1.90. The predicted octanol–water partition coefficient (Wildman–Crippen LogP) is 2.34. The second-order valence-electron chi connectivity index (χ2n) is 5.68. The van der Waals surface area contributed by atoms with E-state index in [1.54, 1.807) is 4.90 Å². The Morgan fingerprint density at radius 1 is 1.35 bits per heavy atom. The second kappa shape index (κ2) is 6.75. The summed E-state index contributed by atoms with van der Waals surface area (Å²) >= 11 is 0. The van der Waals surface area contributed by atoms with Crippen molar-refractivity contribution in [2.24, 2.45) is 0 Å². The lowest BCUT2D eigenvalue weighted by Gasteiger charge is -2.32. The molecule has 2 amide bonds. The first kappa shape index (κ1) is 14.9. The van der Waals surface area contributed by atoms with E-state index in [1.165, 1.54) is 5.56 Å². The fourth-order valence-electron chi connectivity index (χ4n) is 2.60. The van der Waals surface area contributed by atoms with Gasteiger partial charge in [-0.2, -0.15) is 0 Å². The zero-order chi connectivity index (χ0) is 14.5. The first-order valence-corrected chi connectivity index (χ1v) is 7.36. The predicted molar refractivity (Wildman–Crippen MR) is 79.7 cm³/mol. The lowest BCUT2D eigenvalue weighted by molar-refractivity contribution is 0.0832. The minimum Gasteiger partial charge on any atom is -0.391 e. The van der Waals surface area contributed by atoms with Crippen molar-refractivity contribution >= 4 is 6.03 Å². The van der Waals surface area contributed by atoms with Crippen molar-refractivity contribution in [2.75, 3.05) is 13.1 Å². The fourth-order valence-corrected chi connectivity index (χ4v) is 2.60. The van der Waals surface area contributed by atoms with E-state index in [4.69, 9.17) is 0 Å². The zero-order valence-corrected chi connectivity index (χ0v) is 12.2. The minimum absolute atomic E-state index is 0.0592. The standard InChI is InChI=1S/C16H24N2O2/c1-12(14-7-4-3-5-8-14)13(2)17-16(20)18-10-6-9-15(19)11-18/h3-5,7-8,12-13,15,19H,6,9-11H2,1-2H3,(H,17,20). The first-order valence-electron chi connectivity index (χ1n) is 7.36. The van der Waals surface area contributed by atoms with E-state index in [0.717, 1.165) is 19.4 Å². The third kappa shape index (κ3) is 3.73. The maximum Gasteiger partial charge on any atom is 0.317 e. The van der Waals surface area contributed by atoms with Gasteiger partial charge in [0.1, 0.15) is 0 Å². The molecule has 4 heteroatoms. The summed E-state index contributed by atoms with van der Waals surface area (Å²) in [5.41, 5.74) is 1.22. The van der Waals surface area contributed by atoms with Crippen LogP contribution in [0.2, 0.25) is 0 Å². The Morgan fingerprint density at radius 3 is 2.70 bits per heavy atom. The van der Waals surface area contributed by atoms with Crippen molar-refractivity contribution in [1.29, 1.82) is 0 Å². The molecule has 0 aromatic heterocycles. The van der Waals surface area contributed by atoms with Gasteiger partial charge in [-0.3, -0.25) is 0 Å². The van der Waals surface area contributed by atoms with E-state index in [2.05, 4.69) is 24.4 Å². The molecule has 1 aromatic carbocycles. The number of piperidine rings is 1. The quantitative estimate of drug-likeness (QED) is 0.890. The molecule has 0 saturated carbocycles. The lowest BCUT2D eigenvalue weighted by Crippen LogP contribution is -2.50. The van der Waals surface area contributed by atoms with Gasteiger partial charge in [0.25, 0.3) is 0 Å². The number of carbonyl (C=O) groups excluding carboxylic acids is 1. The van der Waals surface area contributed by atoms with Gasteiger partial charge in [-0.1, -0.05) is 37.3 Å². The number of likely N-dealkylation sites (tertiary alicyclic amines) is 1. The van der Waals surface area contributed by atoms with Crippen molar-refractivity contribution < 1.29 is 9.90 Å². The summed E-state index contributed by atoms with van der Waals surface area (Å²) in [5.74, 6) is 0.259. The number of nitrogens with one attached hydrogen (secondary N) is 1. The summed E-state index contributed by atoms with van der Waals surface area (Å²) in [7, 11) is 0.